The molecule has 0 saturated carbocycles. The minimum atomic E-state index is -0.567. The Labute approximate surface area is 179 Å². The predicted octanol–water partition coefficient (Wildman–Crippen LogP) is 2.78. The Kier molecular flexibility index (Phi) is 9.81. The van der Waals surface area contributed by atoms with Gasteiger partial charge in [-0.25, -0.2) is 0 Å². The van der Waals surface area contributed by atoms with Crippen LogP contribution in [0.15, 0.2) is 24.3 Å². The smallest absolute Gasteiger partial charge is 0.255 e. The van der Waals surface area contributed by atoms with Crippen molar-refractivity contribution < 1.29 is 14.3 Å². The van der Waals surface area contributed by atoms with Crippen molar-refractivity contribution in [3.63, 3.8) is 0 Å². The van der Waals surface area contributed by atoms with Crippen molar-refractivity contribution in [3.8, 4) is 5.75 Å². The van der Waals surface area contributed by atoms with Gasteiger partial charge in [-0.1, -0.05) is 19.1 Å². The summed E-state index contributed by atoms with van der Waals surface area (Å²) >= 11 is 1.66. The highest BCUT2D eigenvalue weighted by Gasteiger charge is 2.25. The number of rotatable bonds is 10. The summed E-state index contributed by atoms with van der Waals surface area (Å²) in [5, 5.41) is 6.00. The molecule has 2 rings (SSSR count). The zero-order valence-corrected chi connectivity index (χ0v) is 18.9. The van der Waals surface area contributed by atoms with Crippen LogP contribution in [-0.2, 0) is 4.79 Å². The van der Waals surface area contributed by atoms with E-state index >= 15 is 0 Å². The lowest BCUT2D eigenvalue weighted by Crippen LogP contribution is -2.52. The molecule has 0 spiro atoms. The molecule has 1 aliphatic rings. The highest BCUT2D eigenvalue weighted by molar-refractivity contribution is 7.98. The molecule has 2 N–H and O–H groups in total. The molecule has 1 fully saturated rings. The van der Waals surface area contributed by atoms with Gasteiger partial charge in [-0.3, -0.25) is 9.59 Å². The number of amides is 2. The summed E-state index contributed by atoms with van der Waals surface area (Å²) < 4.78 is 5.28. The van der Waals surface area contributed by atoms with Crippen molar-refractivity contribution in [1.29, 1.82) is 0 Å². The molecule has 1 saturated heterocycles. The number of ether oxygens (including phenoxy) is 1. The molecule has 1 heterocycles. The maximum absolute atomic E-state index is 12.9. The Morgan fingerprint density at radius 1 is 1.31 bits per heavy atom. The van der Waals surface area contributed by atoms with E-state index in [9.17, 15) is 9.59 Å². The first kappa shape index (κ1) is 23.5. The van der Waals surface area contributed by atoms with Gasteiger partial charge in [0.2, 0.25) is 5.91 Å². The highest BCUT2D eigenvalue weighted by atomic mass is 32.2. The molecule has 0 bridgehead atoms. The minimum absolute atomic E-state index is 0.0349. The first-order valence-corrected chi connectivity index (χ1v) is 11.8. The zero-order valence-electron chi connectivity index (χ0n) is 18.1. The molecule has 2 amide bonds. The van der Waals surface area contributed by atoms with Gasteiger partial charge in [0.15, 0.2) is 0 Å². The summed E-state index contributed by atoms with van der Waals surface area (Å²) in [4.78, 5) is 28.1. The topological polar surface area (TPSA) is 70.7 Å². The van der Waals surface area contributed by atoms with Crippen LogP contribution in [0.1, 0.15) is 43.5 Å². The molecular weight excluding hydrogens is 386 g/mol. The lowest BCUT2D eigenvalue weighted by Gasteiger charge is -2.33. The number of nitrogens with one attached hydrogen (secondary N) is 2. The fourth-order valence-electron chi connectivity index (χ4n) is 3.80. The van der Waals surface area contributed by atoms with Crippen LogP contribution in [0, 0.1) is 5.92 Å². The fraction of sp³-hybridized carbons (Fsp3) is 0.636. The van der Waals surface area contributed by atoms with E-state index in [1.165, 1.54) is 20.0 Å². The summed E-state index contributed by atoms with van der Waals surface area (Å²) in [6.07, 6.45) is 5.08. The molecule has 1 aliphatic heterocycles. The van der Waals surface area contributed by atoms with Gasteiger partial charge in [-0.15, -0.1) is 0 Å². The second-order valence-electron chi connectivity index (χ2n) is 7.92. The lowest BCUT2D eigenvalue weighted by molar-refractivity contribution is -0.123. The molecule has 1 aromatic rings. The van der Waals surface area contributed by atoms with Gasteiger partial charge in [-0.05, 0) is 62.8 Å². The number of carbonyl (C=O) groups is 2. The molecule has 0 radical (unpaired) electrons. The first-order chi connectivity index (χ1) is 13.9. The summed E-state index contributed by atoms with van der Waals surface area (Å²) in [5.74, 6) is 1.59. The van der Waals surface area contributed by atoms with Crippen molar-refractivity contribution >= 4 is 23.6 Å². The third kappa shape index (κ3) is 7.55. The molecule has 7 heteroatoms. The van der Waals surface area contributed by atoms with Gasteiger partial charge in [0.05, 0.1) is 12.7 Å². The van der Waals surface area contributed by atoms with E-state index in [1.54, 1.807) is 30.0 Å². The van der Waals surface area contributed by atoms with E-state index in [4.69, 9.17) is 4.74 Å². The van der Waals surface area contributed by atoms with Gasteiger partial charge in [0, 0.05) is 19.1 Å². The van der Waals surface area contributed by atoms with E-state index < -0.39 is 6.04 Å². The maximum atomic E-state index is 12.9. The zero-order chi connectivity index (χ0) is 21.2. The number of methoxy groups -OCH3 is 1. The second-order valence-corrected chi connectivity index (χ2v) is 8.91. The molecule has 3 atom stereocenters. The minimum Gasteiger partial charge on any atom is -0.496 e. The van der Waals surface area contributed by atoms with Crippen LogP contribution in [-0.4, -0.2) is 67.6 Å². The number of likely N-dealkylation sites (tertiary alicyclic amines) is 1. The molecule has 0 aromatic heterocycles. The largest absolute Gasteiger partial charge is 0.496 e. The Balaban J connectivity index is 1.96. The normalized spacial score (nSPS) is 19.2. The fourth-order valence-corrected chi connectivity index (χ4v) is 4.27. The Morgan fingerprint density at radius 2 is 2.07 bits per heavy atom. The molecule has 162 valence electrons. The van der Waals surface area contributed by atoms with Crippen LogP contribution in [0.3, 0.4) is 0 Å². The van der Waals surface area contributed by atoms with Crippen LogP contribution in [0.4, 0.5) is 0 Å². The molecule has 3 unspecified atom stereocenters. The van der Waals surface area contributed by atoms with E-state index in [0.717, 1.165) is 25.4 Å². The number of benzene rings is 1. The number of carbonyl (C=O) groups excluding carboxylic acids is 2. The average Bonchev–Trinajstić information content (AvgIpc) is 2.70. The van der Waals surface area contributed by atoms with Crippen LogP contribution >= 0.6 is 11.8 Å². The van der Waals surface area contributed by atoms with Gasteiger partial charge >= 0.3 is 0 Å². The molecule has 1 aromatic carbocycles. The number of hydrogen-bond acceptors (Lipinski definition) is 5. The van der Waals surface area contributed by atoms with E-state index in [1.807, 2.05) is 19.2 Å². The average molecular weight is 422 g/mol. The van der Waals surface area contributed by atoms with Gasteiger partial charge in [-0.2, -0.15) is 11.8 Å². The number of nitrogens with zero attached hydrogens (tertiary/aromatic N) is 1. The quantitative estimate of drug-likeness (QED) is 0.608. The van der Waals surface area contributed by atoms with Crippen molar-refractivity contribution in [1.82, 2.24) is 15.5 Å². The summed E-state index contributed by atoms with van der Waals surface area (Å²) in [6, 6.07) is 6.52. The Bertz CT molecular complexity index is 670. The Hall–Kier alpha value is -1.73. The standard InChI is InChI=1S/C22H35N3O3S/c1-16-8-7-12-25(14-16)15-17(2)23-22(27)19(11-13-29-4)24-21(26)18-9-5-6-10-20(18)28-3/h5-6,9-10,16-17,19H,7-8,11-15H2,1-4H3,(H,23,27)(H,24,26). The van der Waals surface area contributed by atoms with Crippen LogP contribution in [0.5, 0.6) is 5.75 Å². The van der Waals surface area contributed by atoms with Crippen molar-refractivity contribution in [2.24, 2.45) is 5.92 Å². The summed E-state index contributed by atoms with van der Waals surface area (Å²) in [6.45, 7) is 7.32. The SMILES string of the molecule is COc1ccccc1C(=O)NC(CCSC)C(=O)NC(C)CN1CCCC(C)C1. The van der Waals surface area contributed by atoms with Crippen molar-refractivity contribution in [2.45, 2.75) is 45.2 Å². The monoisotopic (exact) mass is 421 g/mol. The van der Waals surface area contributed by atoms with E-state index in [2.05, 4.69) is 22.5 Å². The third-order valence-corrected chi connectivity index (χ3v) is 5.89. The number of para-hydroxylation sites is 1. The van der Waals surface area contributed by atoms with Crippen molar-refractivity contribution in [3.05, 3.63) is 29.8 Å². The maximum Gasteiger partial charge on any atom is 0.255 e. The summed E-state index contributed by atoms with van der Waals surface area (Å²) in [5.41, 5.74) is 0.437. The van der Waals surface area contributed by atoms with E-state index in [-0.39, 0.29) is 17.9 Å². The van der Waals surface area contributed by atoms with Gasteiger partial charge in [0.25, 0.3) is 5.91 Å². The van der Waals surface area contributed by atoms with E-state index in [0.29, 0.717) is 23.7 Å². The molecular formula is C22H35N3O3S. The molecule has 0 aliphatic carbocycles. The number of thioether (sulfide) groups is 1. The molecule has 29 heavy (non-hydrogen) atoms. The predicted molar refractivity (Wildman–Crippen MR) is 120 cm³/mol. The van der Waals surface area contributed by atoms with Gasteiger partial charge in [0.1, 0.15) is 11.8 Å². The third-order valence-electron chi connectivity index (χ3n) is 5.25. The number of hydrogen-bond donors (Lipinski definition) is 2. The summed E-state index contributed by atoms with van der Waals surface area (Å²) in [7, 11) is 1.53. The van der Waals surface area contributed by atoms with Crippen LogP contribution in [0.2, 0.25) is 0 Å². The highest BCUT2D eigenvalue weighted by Crippen LogP contribution is 2.18. The van der Waals surface area contributed by atoms with Crippen molar-refractivity contribution in [2.75, 3.05) is 38.8 Å². The first-order valence-electron chi connectivity index (χ1n) is 10.4. The lowest BCUT2D eigenvalue weighted by atomic mass is 10.00. The second kappa shape index (κ2) is 12.1. The van der Waals surface area contributed by atoms with Crippen LogP contribution in [0.25, 0.3) is 0 Å². The number of piperidine rings is 1. The van der Waals surface area contributed by atoms with Gasteiger partial charge < -0.3 is 20.3 Å². The molecule has 6 nitrogen and oxygen atoms in total. The Morgan fingerprint density at radius 3 is 2.76 bits per heavy atom. The van der Waals surface area contributed by atoms with Crippen LogP contribution < -0.4 is 15.4 Å².